The highest BCUT2D eigenvalue weighted by atomic mass is 35.5. The minimum atomic E-state index is -0.00567. The third kappa shape index (κ3) is 5.47. The fourth-order valence-electron chi connectivity index (χ4n) is 3.09. The molecule has 2 aromatic carbocycles. The molecular weight excluding hydrogens is 406 g/mol. The summed E-state index contributed by atoms with van der Waals surface area (Å²) in [5, 5.41) is 0.717. The zero-order valence-electron chi connectivity index (χ0n) is 17.3. The van der Waals surface area contributed by atoms with Crippen molar-refractivity contribution in [2.45, 2.75) is 20.3 Å². The molecule has 0 radical (unpaired) electrons. The largest absolute Gasteiger partial charge is 0.492 e. The smallest absolute Gasteiger partial charge is 0.260 e. The van der Waals surface area contributed by atoms with Gasteiger partial charge in [0.25, 0.3) is 5.91 Å². The van der Waals surface area contributed by atoms with Crippen LogP contribution in [0.3, 0.4) is 0 Å². The Morgan fingerprint density at radius 2 is 1.86 bits per heavy atom. The number of anilines is 1. The molecule has 29 heavy (non-hydrogen) atoms. The molecule has 0 saturated heterocycles. The number of aromatic nitrogens is 1. The Hall–Kier alpha value is -2.15. The lowest BCUT2D eigenvalue weighted by Crippen LogP contribution is -2.33. The summed E-state index contributed by atoms with van der Waals surface area (Å²) in [5.74, 6) is 0.757. The van der Waals surface area contributed by atoms with Crippen molar-refractivity contribution in [1.82, 2.24) is 9.88 Å². The third-order valence-corrected chi connectivity index (χ3v) is 5.55. The van der Waals surface area contributed by atoms with E-state index in [1.807, 2.05) is 75.3 Å². The second-order valence-electron chi connectivity index (χ2n) is 6.96. The van der Waals surface area contributed by atoms with Crippen molar-refractivity contribution in [2.75, 3.05) is 38.7 Å². The summed E-state index contributed by atoms with van der Waals surface area (Å²) in [7, 11) is 4.08. The van der Waals surface area contributed by atoms with Crippen molar-refractivity contribution < 1.29 is 9.53 Å². The highest BCUT2D eigenvalue weighted by molar-refractivity contribution is 7.22. The SMILES string of the molecule is CCOc1cccc2sc(N(CCCN(C)C)C(=O)c3ccccc3C)nc12.Cl. The van der Waals surface area contributed by atoms with E-state index in [1.54, 1.807) is 0 Å². The van der Waals surface area contributed by atoms with Crippen molar-refractivity contribution >= 4 is 45.0 Å². The molecule has 0 N–H and O–H groups in total. The van der Waals surface area contributed by atoms with E-state index in [9.17, 15) is 4.79 Å². The molecule has 5 nitrogen and oxygen atoms in total. The van der Waals surface area contributed by atoms with Gasteiger partial charge in [-0.15, -0.1) is 12.4 Å². The number of ether oxygens (including phenoxy) is 1. The first-order valence-corrected chi connectivity index (χ1v) is 10.4. The molecule has 0 aliphatic heterocycles. The lowest BCUT2D eigenvalue weighted by atomic mass is 10.1. The van der Waals surface area contributed by atoms with E-state index >= 15 is 0 Å². The molecule has 0 aliphatic rings. The third-order valence-electron chi connectivity index (χ3n) is 4.51. The van der Waals surface area contributed by atoms with Crippen LogP contribution in [0.2, 0.25) is 0 Å². The molecule has 0 saturated carbocycles. The van der Waals surface area contributed by atoms with E-state index in [1.165, 1.54) is 11.3 Å². The first-order chi connectivity index (χ1) is 13.5. The van der Waals surface area contributed by atoms with Crippen molar-refractivity contribution in [3.63, 3.8) is 0 Å². The molecule has 0 spiro atoms. The Bertz CT molecular complexity index is 958. The van der Waals surface area contributed by atoms with Crippen LogP contribution in [0.4, 0.5) is 5.13 Å². The molecule has 1 aromatic heterocycles. The molecule has 0 fully saturated rings. The number of hydrogen-bond donors (Lipinski definition) is 0. The van der Waals surface area contributed by atoms with E-state index in [-0.39, 0.29) is 18.3 Å². The van der Waals surface area contributed by atoms with Gasteiger partial charge in [-0.3, -0.25) is 9.69 Å². The predicted molar refractivity (Wildman–Crippen MR) is 124 cm³/mol. The van der Waals surface area contributed by atoms with Gasteiger partial charge < -0.3 is 9.64 Å². The van der Waals surface area contributed by atoms with Gasteiger partial charge in [0.15, 0.2) is 5.13 Å². The zero-order chi connectivity index (χ0) is 20.1. The number of amides is 1. The summed E-state index contributed by atoms with van der Waals surface area (Å²) >= 11 is 1.53. The second-order valence-corrected chi connectivity index (χ2v) is 7.97. The Balaban J connectivity index is 0.00000300. The number of aryl methyl sites for hydroxylation is 1. The number of benzene rings is 2. The molecule has 3 aromatic rings. The van der Waals surface area contributed by atoms with Crippen LogP contribution in [0, 0.1) is 6.92 Å². The Morgan fingerprint density at radius 1 is 1.10 bits per heavy atom. The van der Waals surface area contributed by atoms with Crippen LogP contribution in [-0.2, 0) is 0 Å². The summed E-state index contributed by atoms with van der Waals surface area (Å²) in [6.07, 6.45) is 0.874. The quantitative estimate of drug-likeness (QED) is 0.500. The molecule has 0 atom stereocenters. The highest BCUT2D eigenvalue weighted by Crippen LogP contribution is 2.35. The maximum absolute atomic E-state index is 13.4. The monoisotopic (exact) mass is 433 g/mol. The molecule has 1 amide bonds. The van der Waals surface area contributed by atoms with E-state index in [2.05, 4.69) is 4.90 Å². The number of fused-ring (bicyclic) bond motifs is 1. The molecule has 3 rings (SSSR count). The van der Waals surface area contributed by atoms with E-state index in [0.717, 1.165) is 40.1 Å². The molecule has 156 valence electrons. The van der Waals surface area contributed by atoms with Gasteiger partial charge in [0.2, 0.25) is 0 Å². The van der Waals surface area contributed by atoms with Crippen molar-refractivity contribution in [1.29, 1.82) is 0 Å². The maximum Gasteiger partial charge on any atom is 0.260 e. The van der Waals surface area contributed by atoms with Gasteiger partial charge in [-0.25, -0.2) is 4.98 Å². The van der Waals surface area contributed by atoms with E-state index in [4.69, 9.17) is 9.72 Å². The van der Waals surface area contributed by atoms with Crippen LogP contribution in [0.15, 0.2) is 42.5 Å². The molecule has 0 aliphatic carbocycles. The Labute approximate surface area is 182 Å². The summed E-state index contributed by atoms with van der Waals surface area (Å²) in [6, 6.07) is 13.6. The van der Waals surface area contributed by atoms with Gasteiger partial charge in [0, 0.05) is 12.1 Å². The fraction of sp³-hybridized carbons (Fsp3) is 0.364. The van der Waals surface area contributed by atoms with E-state index in [0.29, 0.717) is 18.3 Å². The van der Waals surface area contributed by atoms with Crippen LogP contribution in [0.1, 0.15) is 29.3 Å². The predicted octanol–water partition coefficient (Wildman–Crippen LogP) is 5.02. The Kier molecular flexibility index (Phi) is 8.44. The summed E-state index contributed by atoms with van der Waals surface area (Å²) in [4.78, 5) is 22.1. The number of carbonyl (C=O) groups is 1. The van der Waals surface area contributed by atoms with Gasteiger partial charge >= 0.3 is 0 Å². The van der Waals surface area contributed by atoms with Crippen LogP contribution in [0.5, 0.6) is 5.75 Å². The highest BCUT2D eigenvalue weighted by Gasteiger charge is 2.23. The second kappa shape index (κ2) is 10.6. The lowest BCUT2D eigenvalue weighted by molar-refractivity contribution is 0.0985. The van der Waals surface area contributed by atoms with Crippen LogP contribution in [0.25, 0.3) is 10.2 Å². The van der Waals surface area contributed by atoms with Gasteiger partial charge in [0.05, 0.1) is 11.3 Å². The molecular formula is C22H28ClN3O2S. The standard InChI is InChI=1S/C22H27N3O2S.ClH/c1-5-27-18-12-8-13-19-20(18)23-22(28-19)25(15-9-14-24(3)4)21(26)17-11-7-6-10-16(17)2;/h6-8,10-13H,5,9,14-15H2,1-4H3;1H. The number of thiazole rings is 1. The number of rotatable bonds is 8. The fourth-order valence-corrected chi connectivity index (χ4v) is 4.09. The van der Waals surface area contributed by atoms with Gasteiger partial charge in [-0.05, 0) is 64.7 Å². The molecule has 1 heterocycles. The minimum Gasteiger partial charge on any atom is -0.492 e. The number of para-hydroxylation sites is 1. The van der Waals surface area contributed by atoms with Crippen molar-refractivity contribution in [2.24, 2.45) is 0 Å². The number of carbonyl (C=O) groups excluding carboxylic acids is 1. The average molecular weight is 434 g/mol. The molecule has 0 bridgehead atoms. The lowest BCUT2D eigenvalue weighted by Gasteiger charge is -2.21. The first-order valence-electron chi connectivity index (χ1n) is 9.55. The minimum absolute atomic E-state index is 0. The van der Waals surface area contributed by atoms with Gasteiger partial charge in [-0.2, -0.15) is 0 Å². The summed E-state index contributed by atoms with van der Waals surface area (Å²) in [5.41, 5.74) is 2.51. The summed E-state index contributed by atoms with van der Waals surface area (Å²) in [6.45, 7) is 6.04. The normalized spacial score (nSPS) is 10.8. The maximum atomic E-state index is 13.4. The van der Waals surface area contributed by atoms with Crippen molar-refractivity contribution in [3.05, 3.63) is 53.6 Å². The number of nitrogens with zero attached hydrogens (tertiary/aromatic N) is 3. The average Bonchev–Trinajstić information content (AvgIpc) is 3.10. The van der Waals surface area contributed by atoms with Gasteiger partial charge in [0.1, 0.15) is 11.3 Å². The summed E-state index contributed by atoms with van der Waals surface area (Å²) < 4.78 is 6.75. The van der Waals surface area contributed by atoms with Crippen LogP contribution in [-0.4, -0.2) is 49.6 Å². The number of halogens is 1. The number of hydrogen-bond acceptors (Lipinski definition) is 5. The zero-order valence-corrected chi connectivity index (χ0v) is 19.0. The van der Waals surface area contributed by atoms with Crippen molar-refractivity contribution in [3.8, 4) is 5.75 Å². The van der Waals surface area contributed by atoms with E-state index < -0.39 is 0 Å². The molecule has 0 unspecified atom stereocenters. The van der Waals surface area contributed by atoms with Gasteiger partial charge in [-0.1, -0.05) is 35.6 Å². The molecule has 7 heteroatoms. The Morgan fingerprint density at radius 3 is 2.55 bits per heavy atom. The van der Waals surface area contributed by atoms with Crippen LogP contribution >= 0.6 is 23.7 Å². The first kappa shape index (κ1) is 23.1. The van der Waals surface area contributed by atoms with Crippen LogP contribution < -0.4 is 9.64 Å². The topological polar surface area (TPSA) is 45.7 Å².